The number of primary amides is 1. The Morgan fingerprint density at radius 3 is 2.40 bits per heavy atom. The van der Waals surface area contributed by atoms with Crippen molar-refractivity contribution in [3.8, 4) is 0 Å². The van der Waals surface area contributed by atoms with Crippen molar-refractivity contribution in [3.05, 3.63) is 35.9 Å². The van der Waals surface area contributed by atoms with E-state index in [0.717, 1.165) is 5.56 Å². The molecule has 0 bridgehead atoms. The lowest BCUT2D eigenvalue weighted by Gasteiger charge is -2.31. The van der Waals surface area contributed by atoms with Gasteiger partial charge in [-0.1, -0.05) is 30.3 Å². The van der Waals surface area contributed by atoms with Crippen LogP contribution in [0.15, 0.2) is 30.3 Å². The first kappa shape index (κ1) is 19.8. The van der Waals surface area contributed by atoms with Crippen LogP contribution < -0.4 is 11.5 Å². The third-order valence-electron chi connectivity index (χ3n) is 5.19. The molecule has 1 aliphatic carbocycles. The van der Waals surface area contributed by atoms with Gasteiger partial charge >= 0.3 is 0 Å². The van der Waals surface area contributed by atoms with E-state index in [0.29, 0.717) is 25.7 Å². The van der Waals surface area contributed by atoms with Gasteiger partial charge in [0.2, 0.25) is 11.8 Å². The lowest BCUT2D eigenvalue weighted by Crippen LogP contribution is -2.40. The number of benzene rings is 1. The maximum absolute atomic E-state index is 13.2. The fourth-order valence-electron chi connectivity index (χ4n) is 3.56. The van der Waals surface area contributed by atoms with E-state index in [2.05, 4.69) is 0 Å². The number of hydrogen-bond donors (Lipinski definition) is 3. The third-order valence-corrected chi connectivity index (χ3v) is 5.19. The van der Waals surface area contributed by atoms with Crippen molar-refractivity contribution in [1.82, 2.24) is 0 Å². The number of halogens is 2. The number of aliphatic hydroxyl groups is 1. The van der Waals surface area contributed by atoms with E-state index in [1.54, 1.807) is 0 Å². The van der Waals surface area contributed by atoms with Crippen LogP contribution in [0.2, 0.25) is 0 Å². The Morgan fingerprint density at radius 1 is 1.24 bits per heavy atom. The van der Waals surface area contributed by atoms with Gasteiger partial charge in [0.1, 0.15) is 0 Å². The van der Waals surface area contributed by atoms with Crippen LogP contribution in [0.1, 0.15) is 44.1 Å². The minimum absolute atomic E-state index is 0.0506. The molecule has 3 atom stereocenters. The zero-order chi connectivity index (χ0) is 18.4. The number of carbonyl (C=O) groups is 1. The standard InChI is InChI=1S/C19H28F2N2O2/c20-19(21)8-6-14(7-9-19)10-15(18(23)25)12-17(24)16(22)11-13-4-2-1-3-5-13/h1-5,14-17,24H,6-12,22H2,(H2,23,25)/t15-,16+,17+/m1/s1. The van der Waals surface area contributed by atoms with Crippen molar-refractivity contribution >= 4 is 5.91 Å². The number of aliphatic hydroxyl groups excluding tert-OH is 1. The molecule has 0 radical (unpaired) electrons. The van der Waals surface area contributed by atoms with Crippen molar-refractivity contribution in [1.29, 1.82) is 0 Å². The Kier molecular flexibility index (Phi) is 6.90. The third kappa shape index (κ3) is 6.36. The lowest BCUT2D eigenvalue weighted by atomic mass is 9.79. The summed E-state index contributed by atoms with van der Waals surface area (Å²) in [4.78, 5) is 11.7. The first-order valence-corrected chi connectivity index (χ1v) is 8.91. The fraction of sp³-hybridized carbons (Fsp3) is 0.632. The Morgan fingerprint density at radius 2 is 1.84 bits per heavy atom. The minimum Gasteiger partial charge on any atom is -0.391 e. The van der Waals surface area contributed by atoms with Crippen LogP contribution in [0.5, 0.6) is 0 Å². The zero-order valence-corrected chi connectivity index (χ0v) is 14.4. The van der Waals surface area contributed by atoms with E-state index in [1.807, 2.05) is 30.3 Å². The summed E-state index contributed by atoms with van der Waals surface area (Å²) in [7, 11) is 0. The molecule has 1 aliphatic rings. The van der Waals surface area contributed by atoms with Crippen molar-refractivity contribution < 1.29 is 18.7 Å². The lowest BCUT2D eigenvalue weighted by molar-refractivity contribution is -0.124. The summed E-state index contributed by atoms with van der Waals surface area (Å²) >= 11 is 0. The fourth-order valence-corrected chi connectivity index (χ4v) is 3.56. The normalized spacial score (nSPS) is 21.4. The Labute approximate surface area is 147 Å². The maximum atomic E-state index is 13.2. The van der Waals surface area contributed by atoms with Crippen LogP contribution in [0.25, 0.3) is 0 Å². The van der Waals surface area contributed by atoms with Gasteiger partial charge in [-0.15, -0.1) is 0 Å². The SMILES string of the molecule is NC(=O)[C@H](CC1CCC(F)(F)CC1)C[C@H](O)[C@@H](N)Cc1ccccc1. The van der Waals surface area contributed by atoms with Crippen molar-refractivity contribution in [2.24, 2.45) is 23.3 Å². The highest BCUT2D eigenvalue weighted by Gasteiger charge is 2.36. The van der Waals surface area contributed by atoms with Crippen LogP contribution in [0.3, 0.4) is 0 Å². The smallest absolute Gasteiger partial charge is 0.248 e. The molecule has 6 heteroatoms. The van der Waals surface area contributed by atoms with E-state index in [1.165, 1.54) is 0 Å². The Bertz CT molecular complexity index is 544. The van der Waals surface area contributed by atoms with Gasteiger partial charge in [-0.3, -0.25) is 4.79 Å². The van der Waals surface area contributed by atoms with Crippen LogP contribution in [0.4, 0.5) is 8.78 Å². The topological polar surface area (TPSA) is 89.3 Å². The number of hydrogen-bond acceptors (Lipinski definition) is 3. The van der Waals surface area contributed by atoms with E-state index < -0.39 is 29.9 Å². The van der Waals surface area contributed by atoms with Gasteiger partial charge in [0.15, 0.2) is 0 Å². The summed E-state index contributed by atoms with van der Waals surface area (Å²) < 4.78 is 26.5. The molecule has 0 aromatic heterocycles. The number of rotatable bonds is 8. The average Bonchev–Trinajstić information content (AvgIpc) is 2.56. The summed E-state index contributed by atoms with van der Waals surface area (Å²) in [6.07, 6.45) is 0.771. The molecule has 25 heavy (non-hydrogen) atoms. The highest BCUT2D eigenvalue weighted by molar-refractivity contribution is 5.76. The van der Waals surface area contributed by atoms with E-state index >= 15 is 0 Å². The second-order valence-electron chi connectivity index (χ2n) is 7.29. The first-order valence-electron chi connectivity index (χ1n) is 8.91. The molecular formula is C19H28F2N2O2. The summed E-state index contributed by atoms with van der Waals surface area (Å²) in [6, 6.07) is 9.07. The molecule has 0 heterocycles. The molecule has 1 aromatic rings. The predicted molar refractivity (Wildman–Crippen MR) is 93.0 cm³/mol. The monoisotopic (exact) mass is 354 g/mol. The molecule has 1 amide bonds. The van der Waals surface area contributed by atoms with Gasteiger partial charge in [-0.2, -0.15) is 0 Å². The highest BCUT2D eigenvalue weighted by atomic mass is 19.3. The summed E-state index contributed by atoms with van der Waals surface area (Å²) in [5.74, 6) is -3.57. The molecule has 140 valence electrons. The van der Waals surface area contributed by atoms with Crippen molar-refractivity contribution in [2.75, 3.05) is 0 Å². The Hall–Kier alpha value is -1.53. The molecule has 5 N–H and O–H groups in total. The minimum atomic E-state index is -2.59. The van der Waals surface area contributed by atoms with Gasteiger partial charge in [0.25, 0.3) is 0 Å². The van der Waals surface area contributed by atoms with E-state index in [4.69, 9.17) is 11.5 Å². The maximum Gasteiger partial charge on any atom is 0.248 e. The largest absolute Gasteiger partial charge is 0.391 e. The van der Waals surface area contributed by atoms with E-state index in [-0.39, 0.29) is 25.2 Å². The predicted octanol–water partition coefficient (Wildman–Crippen LogP) is 2.62. The quantitative estimate of drug-likeness (QED) is 0.670. The van der Waals surface area contributed by atoms with Gasteiger partial charge < -0.3 is 16.6 Å². The van der Waals surface area contributed by atoms with Gasteiger partial charge in [-0.05, 0) is 43.6 Å². The number of alkyl halides is 2. The number of carbonyl (C=O) groups excluding carboxylic acids is 1. The van der Waals surface area contributed by atoms with Crippen molar-refractivity contribution in [3.63, 3.8) is 0 Å². The van der Waals surface area contributed by atoms with Crippen LogP contribution in [-0.2, 0) is 11.2 Å². The molecule has 2 rings (SSSR count). The number of nitrogens with two attached hydrogens (primary N) is 2. The first-order chi connectivity index (χ1) is 11.8. The van der Waals surface area contributed by atoms with Gasteiger partial charge in [0, 0.05) is 24.8 Å². The molecule has 4 nitrogen and oxygen atoms in total. The van der Waals surface area contributed by atoms with Gasteiger partial charge in [0.05, 0.1) is 6.10 Å². The average molecular weight is 354 g/mol. The molecule has 0 spiro atoms. The van der Waals surface area contributed by atoms with Gasteiger partial charge in [-0.25, -0.2) is 8.78 Å². The zero-order valence-electron chi connectivity index (χ0n) is 14.4. The second-order valence-corrected chi connectivity index (χ2v) is 7.29. The molecular weight excluding hydrogens is 326 g/mol. The molecule has 0 unspecified atom stereocenters. The van der Waals surface area contributed by atoms with E-state index in [9.17, 15) is 18.7 Å². The summed E-state index contributed by atoms with van der Waals surface area (Å²) in [5, 5.41) is 10.4. The number of amides is 1. The second kappa shape index (κ2) is 8.72. The molecule has 1 aromatic carbocycles. The highest BCUT2D eigenvalue weighted by Crippen LogP contribution is 2.39. The summed E-state index contributed by atoms with van der Waals surface area (Å²) in [6.45, 7) is 0. The van der Waals surface area contributed by atoms with Crippen LogP contribution in [0, 0.1) is 11.8 Å². The molecule has 1 saturated carbocycles. The van der Waals surface area contributed by atoms with Crippen LogP contribution >= 0.6 is 0 Å². The molecule has 0 aliphatic heterocycles. The summed E-state index contributed by atoms with van der Waals surface area (Å²) in [5.41, 5.74) is 12.5. The van der Waals surface area contributed by atoms with Crippen molar-refractivity contribution in [2.45, 2.75) is 63.0 Å². The van der Waals surface area contributed by atoms with Crippen LogP contribution in [-0.4, -0.2) is 29.1 Å². The Balaban J connectivity index is 1.86. The molecule has 1 fully saturated rings. The molecule has 0 saturated heterocycles.